The summed E-state index contributed by atoms with van der Waals surface area (Å²) in [5.41, 5.74) is 2.52. The van der Waals surface area contributed by atoms with Gasteiger partial charge in [0.2, 0.25) is 0 Å². The zero-order chi connectivity index (χ0) is 12.8. The van der Waals surface area contributed by atoms with Crippen LogP contribution < -0.4 is 10.6 Å². The molecule has 0 spiro atoms. The lowest BCUT2D eigenvalue weighted by Gasteiger charge is -1.96. The summed E-state index contributed by atoms with van der Waals surface area (Å²) in [5, 5.41) is 18.9. The van der Waals surface area contributed by atoms with Crippen LogP contribution in [0.15, 0.2) is 56.6 Å². The Hall–Kier alpha value is -2.82. The van der Waals surface area contributed by atoms with Crippen molar-refractivity contribution in [3.8, 4) is 5.75 Å². The fourth-order valence-corrected chi connectivity index (χ4v) is 2.10. The lowest BCUT2D eigenvalue weighted by atomic mass is 10.2. The quantitative estimate of drug-likeness (QED) is 0.823. The van der Waals surface area contributed by atoms with Crippen molar-refractivity contribution >= 4 is 23.4 Å². The molecule has 0 aromatic heterocycles. The van der Waals surface area contributed by atoms with E-state index in [1.807, 2.05) is 12.1 Å². The van der Waals surface area contributed by atoms with Crippen molar-refractivity contribution in [3.63, 3.8) is 0 Å². The highest BCUT2D eigenvalue weighted by atomic mass is 16.3. The van der Waals surface area contributed by atoms with Gasteiger partial charge in [-0.3, -0.25) is 0 Å². The maximum Gasteiger partial charge on any atom is 0.160 e. The Morgan fingerprint density at radius 3 is 2.58 bits per heavy atom. The topological polar surface area (TPSA) is 69.7 Å². The Morgan fingerprint density at radius 1 is 0.895 bits per heavy atom. The highest BCUT2D eigenvalue weighted by Crippen LogP contribution is 2.19. The fraction of sp³-hybridized carbons (Fsp3) is 0. The van der Waals surface area contributed by atoms with E-state index >= 15 is 0 Å². The molecule has 2 aliphatic heterocycles. The normalized spacial score (nSPS) is 14.4. The van der Waals surface area contributed by atoms with Gasteiger partial charge in [0.05, 0.1) is 22.9 Å². The van der Waals surface area contributed by atoms with Crippen molar-refractivity contribution < 1.29 is 5.11 Å². The molecule has 2 aliphatic rings. The van der Waals surface area contributed by atoms with E-state index in [9.17, 15) is 5.11 Å². The molecule has 19 heavy (non-hydrogen) atoms. The molecular weight excluding hydrogens is 240 g/mol. The average molecular weight is 248 g/mol. The van der Waals surface area contributed by atoms with E-state index in [1.54, 1.807) is 30.5 Å². The summed E-state index contributed by atoms with van der Waals surface area (Å²) in [4.78, 5) is 8.98. The van der Waals surface area contributed by atoms with Gasteiger partial charge in [0.25, 0.3) is 0 Å². The van der Waals surface area contributed by atoms with Gasteiger partial charge in [0.15, 0.2) is 5.84 Å². The minimum atomic E-state index is 0.230. The van der Waals surface area contributed by atoms with Crippen LogP contribution in [-0.4, -0.2) is 10.9 Å². The maximum atomic E-state index is 9.29. The summed E-state index contributed by atoms with van der Waals surface area (Å²) >= 11 is 0. The number of rotatable bonds is 1. The van der Waals surface area contributed by atoms with Crippen LogP contribution in [0.1, 0.15) is 5.56 Å². The maximum absolute atomic E-state index is 9.29. The molecule has 2 aromatic carbocycles. The van der Waals surface area contributed by atoms with Gasteiger partial charge in [-0.1, -0.05) is 0 Å². The Kier molecular flexibility index (Phi) is 1.91. The minimum absolute atomic E-state index is 0.230. The first-order chi connectivity index (χ1) is 9.29. The Bertz CT molecular complexity index is 864. The summed E-state index contributed by atoms with van der Waals surface area (Å²) in [6.45, 7) is 0. The number of hydrogen-bond acceptors (Lipinski definition) is 5. The molecule has 0 atom stereocenters. The van der Waals surface area contributed by atoms with Gasteiger partial charge < -0.3 is 5.11 Å². The molecule has 90 valence electrons. The molecule has 5 nitrogen and oxygen atoms in total. The number of amidine groups is 1. The number of aliphatic imine (C=N–C) groups is 1. The molecule has 4 rings (SSSR count). The molecule has 0 amide bonds. The Balaban J connectivity index is 1.85. The average Bonchev–Trinajstić information content (AvgIpc) is 3.01. The second kappa shape index (κ2) is 3.58. The van der Waals surface area contributed by atoms with Crippen LogP contribution in [0.25, 0.3) is 6.20 Å². The molecular formula is C14H8N4O. The number of phenolic OH excluding ortho intramolecular Hbond substituents is 1. The second-order valence-electron chi connectivity index (χ2n) is 4.34. The molecule has 0 fully saturated rings. The van der Waals surface area contributed by atoms with E-state index in [0.29, 0.717) is 5.84 Å². The molecule has 5 heteroatoms. The van der Waals surface area contributed by atoms with Gasteiger partial charge in [0.1, 0.15) is 5.75 Å². The minimum Gasteiger partial charge on any atom is -0.508 e. The van der Waals surface area contributed by atoms with Crippen LogP contribution in [0.2, 0.25) is 0 Å². The predicted octanol–water partition coefficient (Wildman–Crippen LogP) is 1.94. The molecule has 0 unspecified atom stereocenters. The van der Waals surface area contributed by atoms with Gasteiger partial charge in [0, 0.05) is 10.8 Å². The van der Waals surface area contributed by atoms with E-state index in [2.05, 4.69) is 20.2 Å². The number of phenols is 1. The number of fused-ring (bicyclic) bond motifs is 2. The molecule has 0 saturated heterocycles. The number of azo groups is 1. The number of nitrogens with zero attached hydrogens (tertiary/aromatic N) is 4. The van der Waals surface area contributed by atoms with Crippen LogP contribution >= 0.6 is 0 Å². The monoisotopic (exact) mass is 248 g/mol. The number of aromatic hydroxyl groups is 1. The zero-order valence-corrected chi connectivity index (χ0v) is 9.78. The summed E-state index contributed by atoms with van der Waals surface area (Å²) in [7, 11) is 0. The van der Waals surface area contributed by atoms with Gasteiger partial charge in [-0.05, 0) is 36.4 Å². The van der Waals surface area contributed by atoms with Gasteiger partial charge in [-0.2, -0.15) is 10.2 Å². The second-order valence-corrected chi connectivity index (χ2v) is 4.34. The predicted molar refractivity (Wildman–Crippen MR) is 70.5 cm³/mol. The van der Waals surface area contributed by atoms with Crippen LogP contribution in [0.4, 0.5) is 11.4 Å². The molecule has 2 aromatic rings. The summed E-state index contributed by atoms with van der Waals surface area (Å²) < 4.78 is 0. The largest absolute Gasteiger partial charge is 0.508 e. The first-order valence-electron chi connectivity index (χ1n) is 5.81. The van der Waals surface area contributed by atoms with Crippen molar-refractivity contribution in [2.24, 2.45) is 20.2 Å². The highest BCUT2D eigenvalue weighted by Gasteiger charge is 2.13. The van der Waals surface area contributed by atoms with Crippen LogP contribution in [0.3, 0.4) is 0 Å². The van der Waals surface area contributed by atoms with Crippen molar-refractivity contribution in [1.82, 2.24) is 0 Å². The zero-order valence-electron chi connectivity index (χ0n) is 9.78. The fourth-order valence-electron chi connectivity index (χ4n) is 2.10. The third-order valence-electron chi connectivity index (χ3n) is 3.06. The van der Waals surface area contributed by atoms with Gasteiger partial charge >= 0.3 is 0 Å². The van der Waals surface area contributed by atoms with Gasteiger partial charge in [-0.15, -0.1) is 0 Å². The van der Waals surface area contributed by atoms with Crippen LogP contribution in [0.5, 0.6) is 5.75 Å². The van der Waals surface area contributed by atoms with Crippen molar-refractivity contribution in [3.05, 3.63) is 52.5 Å². The summed E-state index contributed by atoms with van der Waals surface area (Å²) in [5.74, 6) is 0.879. The highest BCUT2D eigenvalue weighted by molar-refractivity contribution is 6.02. The lowest BCUT2D eigenvalue weighted by molar-refractivity contribution is 0.475. The molecule has 0 saturated carbocycles. The summed E-state index contributed by atoms with van der Waals surface area (Å²) in [6, 6.07) is 10.7. The van der Waals surface area contributed by atoms with Crippen molar-refractivity contribution in [1.29, 1.82) is 0 Å². The third-order valence-corrected chi connectivity index (χ3v) is 3.06. The Labute approximate surface area is 108 Å². The molecule has 0 aliphatic carbocycles. The van der Waals surface area contributed by atoms with Crippen LogP contribution in [-0.2, 0) is 0 Å². The first kappa shape index (κ1) is 10.1. The number of benzene rings is 2. The smallest absolute Gasteiger partial charge is 0.160 e. The first-order valence-corrected chi connectivity index (χ1v) is 5.81. The molecule has 0 radical (unpaired) electrons. The van der Waals surface area contributed by atoms with E-state index in [-0.39, 0.29) is 5.75 Å². The van der Waals surface area contributed by atoms with E-state index in [4.69, 9.17) is 0 Å². The van der Waals surface area contributed by atoms with Crippen molar-refractivity contribution in [2.75, 3.05) is 0 Å². The number of hydrogen-bond donors (Lipinski definition) is 1. The SMILES string of the molecule is Oc1ccc(C2=Nc3cc4c(cc3=N2)N=NC=4)cc1. The van der Waals surface area contributed by atoms with Crippen molar-refractivity contribution in [2.45, 2.75) is 0 Å². The van der Waals surface area contributed by atoms with E-state index in [1.165, 1.54) is 0 Å². The molecule has 0 bridgehead atoms. The molecule has 2 heterocycles. The Morgan fingerprint density at radius 2 is 1.74 bits per heavy atom. The standard InChI is InChI=1S/C14H8N4O/c19-10-3-1-8(2-4-10)14-16-12-5-9-7-15-18-11(9)6-13(12)17-14/h1-7,19H. The van der Waals surface area contributed by atoms with E-state index < -0.39 is 0 Å². The summed E-state index contributed by atoms with van der Waals surface area (Å²) in [6.07, 6.45) is 1.71. The van der Waals surface area contributed by atoms with E-state index in [0.717, 1.165) is 27.5 Å². The molecule has 1 N–H and O–H groups in total. The van der Waals surface area contributed by atoms with Crippen LogP contribution in [0, 0.1) is 0 Å². The lowest BCUT2D eigenvalue weighted by Crippen LogP contribution is -2.06. The van der Waals surface area contributed by atoms with Gasteiger partial charge in [-0.25, -0.2) is 9.98 Å². The third kappa shape index (κ3) is 1.55.